The van der Waals surface area contributed by atoms with Crippen molar-refractivity contribution in [2.45, 2.75) is 50.5 Å². The van der Waals surface area contributed by atoms with Crippen LogP contribution in [0.5, 0.6) is 0 Å². The lowest BCUT2D eigenvalue weighted by Crippen LogP contribution is -2.51. The number of rotatable bonds is 4. The van der Waals surface area contributed by atoms with Gasteiger partial charge < -0.3 is 10.1 Å². The van der Waals surface area contributed by atoms with Crippen molar-refractivity contribution in [3.8, 4) is 0 Å². The van der Waals surface area contributed by atoms with Crippen molar-refractivity contribution in [1.29, 1.82) is 0 Å². The second kappa shape index (κ2) is 5.07. The summed E-state index contributed by atoms with van der Waals surface area (Å²) in [6, 6.07) is 0. The average Bonchev–Trinajstić information content (AvgIpc) is 3.10. The Labute approximate surface area is 110 Å². The number of nitrogens with one attached hydrogen (secondary N) is 1. The van der Waals surface area contributed by atoms with Crippen LogP contribution in [0.2, 0.25) is 0 Å². The van der Waals surface area contributed by atoms with E-state index < -0.39 is 10.0 Å². The highest BCUT2D eigenvalue weighted by Gasteiger charge is 2.41. The van der Waals surface area contributed by atoms with Crippen LogP contribution in [0.15, 0.2) is 0 Å². The Kier molecular flexibility index (Phi) is 4.02. The number of hydrogen-bond donors (Lipinski definition) is 1. The summed E-state index contributed by atoms with van der Waals surface area (Å²) in [4.78, 5) is 0. The Morgan fingerprint density at radius 2 is 2.00 bits per heavy atom. The summed E-state index contributed by atoms with van der Waals surface area (Å²) in [5.41, 5.74) is 0.0288. The van der Waals surface area contributed by atoms with Gasteiger partial charge in [0.2, 0.25) is 10.0 Å². The average molecular weight is 276 g/mol. The van der Waals surface area contributed by atoms with Crippen molar-refractivity contribution in [3.63, 3.8) is 0 Å². The van der Waals surface area contributed by atoms with Gasteiger partial charge in [-0.2, -0.15) is 4.31 Å². The number of morpholine rings is 1. The summed E-state index contributed by atoms with van der Waals surface area (Å²) < 4.78 is 31.5. The highest BCUT2D eigenvalue weighted by Crippen LogP contribution is 2.31. The predicted octanol–water partition coefficient (Wildman–Crippen LogP) is 0.568. The molecule has 1 heterocycles. The van der Waals surface area contributed by atoms with Crippen LogP contribution in [0.4, 0.5) is 0 Å². The molecule has 106 valence electrons. The zero-order valence-electron chi connectivity index (χ0n) is 11.5. The summed E-state index contributed by atoms with van der Waals surface area (Å²) in [7, 11) is -3.05. The highest BCUT2D eigenvalue weighted by atomic mass is 32.2. The molecule has 2 rings (SSSR count). The Hall–Kier alpha value is -0.170. The van der Waals surface area contributed by atoms with Crippen LogP contribution >= 0.6 is 0 Å². The van der Waals surface area contributed by atoms with E-state index in [4.69, 9.17) is 4.74 Å². The molecule has 0 unspecified atom stereocenters. The molecule has 2 fully saturated rings. The van der Waals surface area contributed by atoms with Crippen LogP contribution in [0, 0.1) is 0 Å². The second-order valence-corrected chi connectivity index (χ2v) is 8.44. The number of hydrogen-bond acceptors (Lipinski definition) is 4. The molecule has 6 heteroatoms. The van der Waals surface area contributed by atoms with E-state index in [1.165, 1.54) is 0 Å². The summed E-state index contributed by atoms with van der Waals surface area (Å²) >= 11 is 0. The van der Waals surface area contributed by atoms with Crippen molar-refractivity contribution >= 4 is 10.0 Å². The first-order valence-electron chi connectivity index (χ1n) is 6.64. The first-order chi connectivity index (χ1) is 8.29. The lowest BCUT2D eigenvalue weighted by atomic mass is 10.1. The van der Waals surface area contributed by atoms with Gasteiger partial charge in [-0.15, -0.1) is 0 Å². The lowest BCUT2D eigenvalue weighted by Gasteiger charge is -2.34. The standard InChI is InChI=1S/C12H24N2O3S/c1-12(2,3)13-8-10-9-14(6-7-17-10)18(15,16)11-4-5-11/h10-11,13H,4-9H2,1-3H3/t10-/m1/s1. The molecule has 5 nitrogen and oxygen atoms in total. The number of sulfonamides is 1. The van der Waals surface area contributed by atoms with Gasteiger partial charge in [0.1, 0.15) is 0 Å². The SMILES string of the molecule is CC(C)(C)NC[C@@H]1CN(S(=O)(=O)C2CC2)CCO1. The van der Waals surface area contributed by atoms with Gasteiger partial charge in [0.15, 0.2) is 0 Å². The van der Waals surface area contributed by atoms with E-state index in [0.29, 0.717) is 26.2 Å². The van der Waals surface area contributed by atoms with E-state index in [0.717, 1.165) is 12.8 Å². The summed E-state index contributed by atoms with van der Waals surface area (Å²) in [6.07, 6.45) is 1.61. The Morgan fingerprint density at radius 3 is 2.56 bits per heavy atom. The van der Waals surface area contributed by atoms with Crippen LogP contribution in [-0.4, -0.2) is 55.9 Å². The molecular formula is C12H24N2O3S. The zero-order chi connectivity index (χ0) is 13.4. The maximum atomic E-state index is 12.1. The fourth-order valence-corrected chi connectivity index (χ4v) is 3.90. The molecule has 1 atom stereocenters. The molecule has 1 N–H and O–H groups in total. The van der Waals surface area contributed by atoms with Crippen LogP contribution in [0.25, 0.3) is 0 Å². The molecule has 0 bridgehead atoms. The Morgan fingerprint density at radius 1 is 1.33 bits per heavy atom. The largest absolute Gasteiger partial charge is 0.374 e. The normalized spacial score (nSPS) is 27.4. The molecule has 0 amide bonds. The molecule has 0 aromatic heterocycles. The van der Waals surface area contributed by atoms with Crippen molar-refractivity contribution in [3.05, 3.63) is 0 Å². The lowest BCUT2D eigenvalue weighted by molar-refractivity contribution is -0.00306. The van der Waals surface area contributed by atoms with E-state index in [1.54, 1.807) is 4.31 Å². The summed E-state index contributed by atoms with van der Waals surface area (Å²) in [5, 5.41) is 3.24. The van der Waals surface area contributed by atoms with Crippen molar-refractivity contribution in [1.82, 2.24) is 9.62 Å². The van der Waals surface area contributed by atoms with E-state index in [2.05, 4.69) is 26.1 Å². The van der Waals surface area contributed by atoms with Gasteiger partial charge in [0.05, 0.1) is 18.0 Å². The molecule has 0 radical (unpaired) electrons. The molecule has 1 aliphatic heterocycles. The number of nitrogens with zero attached hydrogens (tertiary/aromatic N) is 1. The first kappa shape index (κ1) is 14.2. The van der Waals surface area contributed by atoms with E-state index >= 15 is 0 Å². The fraction of sp³-hybridized carbons (Fsp3) is 1.00. The monoisotopic (exact) mass is 276 g/mol. The van der Waals surface area contributed by atoms with Gasteiger partial charge in [-0.25, -0.2) is 8.42 Å². The third-order valence-electron chi connectivity index (χ3n) is 3.27. The van der Waals surface area contributed by atoms with Gasteiger partial charge in [-0.3, -0.25) is 0 Å². The zero-order valence-corrected chi connectivity index (χ0v) is 12.3. The van der Waals surface area contributed by atoms with Crippen LogP contribution in [0.3, 0.4) is 0 Å². The molecule has 0 aromatic carbocycles. The molecular weight excluding hydrogens is 252 g/mol. The number of ether oxygens (including phenoxy) is 1. The van der Waals surface area contributed by atoms with Gasteiger partial charge in [-0.1, -0.05) is 0 Å². The Balaban J connectivity index is 1.88. The third-order valence-corrected chi connectivity index (χ3v) is 5.63. The van der Waals surface area contributed by atoms with Gasteiger partial charge in [-0.05, 0) is 33.6 Å². The van der Waals surface area contributed by atoms with Gasteiger partial charge >= 0.3 is 0 Å². The van der Waals surface area contributed by atoms with Crippen LogP contribution < -0.4 is 5.32 Å². The minimum absolute atomic E-state index is 0.0288. The first-order valence-corrected chi connectivity index (χ1v) is 8.15. The van der Waals surface area contributed by atoms with E-state index in [9.17, 15) is 8.42 Å². The maximum Gasteiger partial charge on any atom is 0.217 e. The fourth-order valence-electron chi connectivity index (χ4n) is 2.04. The molecule has 0 spiro atoms. The quantitative estimate of drug-likeness (QED) is 0.815. The highest BCUT2D eigenvalue weighted by molar-refractivity contribution is 7.90. The summed E-state index contributed by atoms with van der Waals surface area (Å²) in [5.74, 6) is 0. The molecule has 18 heavy (non-hydrogen) atoms. The van der Waals surface area contributed by atoms with Crippen LogP contribution in [0.1, 0.15) is 33.6 Å². The van der Waals surface area contributed by atoms with Gasteiger partial charge in [0, 0.05) is 25.2 Å². The minimum Gasteiger partial charge on any atom is -0.374 e. The second-order valence-electron chi connectivity index (χ2n) is 6.23. The Bertz CT molecular complexity index is 385. The topological polar surface area (TPSA) is 58.6 Å². The molecule has 2 aliphatic rings. The third kappa shape index (κ3) is 3.66. The van der Waals surface area contributed by atoms with Crippen molar-refractivity contribution < 1.29 is 13.2 Å². The predicted molar refractivity (Wildman–Crippen MR) is 71.0 cm³/mol. The molecule has 1 saturated heterocycles. The van der Waals surface area contributed by atoms with Gasteiger partial charge in [0.25, 0.3) is 0 Å². The smallest absolute Gasteiger partial charge is 0.217 e. The molecule has 1 saturated carbocycles. The van der Waals surface area contributed by atoms with E-state index in [1.807, 2.05) is 0 Å². The summed E-state index contributed by atoms with van der Waals surface area (Å²) in [6.45, 7) is 8.47. The van der Waals surface area contributed by atoms with Crippen molar-refractivity contribution in [2.24, 2.45) is 0 Å². The van der Waals surface area contributed by atoms with E-state index in [-0.39, 0.29) is 16.9 Å². The van der Waals surface area contributed by atoms with Crippen LogP contribution in [-0.2, 0) is 14.8 Å². The molecule has 0 aromatic rings. The maximum absolute atomic E-state index is 12.1. The minimum atomic E-state index is -3.05. The van der Waals surface area contributed by atoms with Crippen molar-refractivity contribution in [2.75, 3.05) is 26.2 Å². The molecule has 1 aliphatic carbocycles.